The van der Waals surface area contributed by atoms with Gasteiger partial charge in [0.05, 0.1) is 17.6 Å². The molecule has 1 fully saturated rings. The van der Waals surface area contributed by atoms with E-state index in [1.807, 2.05) is 6.07 Å². The van der Waals surface area contributed by atoms with Gasteiger partial charge < -0.3 is 10.0 Å². The minimum absolute atomic E-state index is 0.0570. The van der Waals surface area contributed by atoms with Crippen molar-refractivity contribution in [3.05, 3.63) is 29.8 Å². The number of hydrogen-bond acceptors (Lipinski definition) is 3. The van der Waals surface area contributed by atoms with Crippen molar-refractivity contribution in [1.29, 1.82) is 5.26 Å². The van der Waals surface area contributed by atoms with Crippen LogP contribution in [0.25, 0.3) is 0 Å². The molecule has 0 heterocycles. The zero-order chi connectivity index (χ0) is 14.7. The van der Waals surface area contributed by atoms with Gasteiger partial charge in [-0.3, -0.25) is 9.59 Å². The highest BCUT2D eigenvalue weighted by Gasteiger charge is 2.35. The van der Waals surface area contributed by atoms with E-state index in [0.29, 0.717) is 30.5 Å². The quantitative estimate of drug-likeness (QED) is 0.912. The number of carbonyl (C=O) groups excluding carboxylic acids is 1. The summed E-state index contributed by atoms with van der Waals surface area (Å²) in [5.41, 5.74) is 1.26. The van der Waals surface area contributed by atoms with Gasteiger partial charge >= 0.3 is 5.97 Å². The van der Waals surface area contributed by atoms with Gasteiger partial charge in [-0.2, -0.15) is 5.26 Å². The molecule has 0 aromatic heterocycles. The van der Waals surface area contributed by atoms with Crippen LogP contribution in [0.15, 0.2) is 24.3 Å². The van der Waals surface area contributed by atoms with Crippen molar-refractivity contribution >= 4 is 17.6 Å². The van der Waals surface area contributed by atoms with Gasteiger partial charge in [0.15, 0.2) is 0 Å². The van der Waals surface area contributed by atoms with Crippen molar-refractivity contribution in [3.63, 3.8) is 0 Å². The number of carboxylic acid groups (broad SMARTS) is 1. The van der Waals surface area contributed by atoms with Crippen LogP contribution in [0.1, 0.15) is 24.8 Å². The van der Waals surface area contributed by atoms with Crippen molar-refractivity contribution in [3.8, 4) is 6.07 Å². The molecule has 5 nitrogen and oxygen atoms in total. The molecule has 2 rings (SSSR count). The summed E-state index contributed by atoms with van der Waals surface area (Å²) >= 11 is 0. The van der Waals surface area contributed by atoms with E-state index in [4.69, 9.17) is 10.4 Å². The molecule has 0 spiro atoms. The van der Waals surface area contributed by atoms with E-state index in [9.17, 15) is 9.59 Å². The normalized spacial score (nSPS) is 21.2. The molecule has 1 aromatic carbocycles. The molecule has 1 aromatic rings. The minimum Gasteiger partial charge on any atom is -0.481 e. The predicted octanol–water partition coefficient (Wildman–Crippen LogP) is 2.02. The van der Waals surface area contributed by atoms with Crippen LogP contribution in [0.4, 0.5) is 5.69 Å². The van der Waals surface area contributed by atoms with Crippen LogP contribution in [-0.2, 0) is 9.59 Å². The number of amides is 1. The Kier molecular flexibility index (Phi) is 4.04. The van der Waals surface area contributed by atoms with Crippen LogP contribution in [0.3, 0.4) is 0 Å². The van der Waals surface area contributed by atoms with Crippen molar-refractivity contribution in [1.82, 2.24) is 0 Å². The number of carbonyl (C=O) groups is 2. The van der Waals surface area contributed by atoms with E-state index in [-0.39, 0.29) is 11.8 Å². The zero-order valence-electron chi connectivity index (χ0n) is 11.2. The average molecular weight is 272 g/mol. The molecule has 20 heavy (non-hydrogen) atoms. The smallest absolute Gasteiger partial charge is 0.306 e. The molecule has 0 aliphatic heterocycles. The molecule has 1 aliphatic rings. The summed E-state index contributed by atoms with van der Waals surface area (Å²) < 4.78 is 0. The van der Waals surface area contributed by atoms with E-state index in [0.717, 1.165) is 0 Å². The highest BCUT2D eigenvalue weighted by atomic mass is 16.4. The Morgan fingerprint density at radius 2 is 1.85 bits per heavy atom. The molecule has 0 bridgehead atoms. The largest absolute Gasteiger partial charge is 0.481 e. The van der Waals surface area contributed by atoms with Crippen molar-refractivity contribution in [2.24, 2.45) is 11.8 Å². The Balaban J connectivity index is 2.05. The molecular weight excluding hydrogens is 256 g/mol. The van der Waals surface area contributed by atoms with Gasteiger partial charge in [0.1, 0.15) is 0 Å². The highest BCUT2D eigenvalue weighted by Crippen LogP contribution is 2.33. The lowest BCUT2D eigenvalue weighted by atomic mass is 10.0. The molecular formula is C15H16N2O3. The topological polar surface area (TPSA) is 81.4 Å². The predicted molar refractivity (Wildman–Crippen MR) is 73.0 cm³/mol. The highest BCUT2D eigenvalue weighted by molar-refractivity contribution is 5.95. The number of rotatable bonds is 3. The fraction of sp³-hybridized carbons (Fsp3) is 0.400. The van der Waals surface area contributed by atoms with Crippen LogP contribution in [0.2, 0.25) is 0 Å². The molecule has 0 radical (unpaired) electrons. The maximum absolute atomic E-state index is 12.3. The van der Waals surface area contributed by atoms with Crippen LogP contribution < -0.4 is 4.90 Å². The first-order valence-electron chi connectivity index (χ1n) is 6.53. The van der Waals surface area contributed by atoms with E-state index in [1.165, 1.54) is 4.90 Å². The van der Waals surface area contributed by atoms with Crippen molar-refractivity contribution in [2.45, 2.75) is 19.3 Å². The molecule has 1 N–H and O–H groups in total. The standard InChI is InChI=1S/C15H16N2O3/c1-17(13-6-2-10(9-16)3-7-13)14(18)11-4-5-12(8-11)15(19)20/h2-3,6-7,11-12H,4-5,8H2,1H3,(H,19,20)/t11-,12+/m1/s1. The molecule has 2 atom stereocenters. The van der Waals surface area contributed by atoms with E-state index in [1.54, 1.807) is 31.3 Å². The van der Waals surface area contributed by atoms with E-state index >= 15 is 0 Å². The van der Waals surface area contributed by atoms with Crippen LogP contribution in [0, 0.1) is 23.2 Å². The van der Waals surface area contributed by atoms with Gasteiger partial charge in [-0.1, -0.05) is 0 Å². The van der Waals surface area contributed by atoms with Crippen LogP contribution >= 0.6 is 0 Å². The summed E-state index contributed by atoms with van der Waals surface area (Å²) in [6, 6.07) is 8.79. The fourth-order valence-corrected chi connectivity index (χ4v) is 2.59. The minimum atomic E-state index is -0.818. The number of benzene rings is 1. The Morgan fingerprint density at radius 3 is 2.35 bits per heavy atom. The average Bonchev–Trinajstić information content (AvgIpc) is 2.96. The van der Waals surface area contributed by atoms with Crippen molar-refractivity contribution < 1.29 is 14.7 Å². The summed E-state index contributed by atoms with van der Waals surface area (Å²) in [6.07, 6.45) is 1.60. The van der Waals surface area contributed by atoms with Crippen LogP contribution in [-0.4, -0.2) is 24.0 Å². The SMILES string of the molecule is CN(C(=O)[C@@H]1CC[C@H](C(=O)O)C1)c1ccc(C#N)cc1. The summed E-state index contributed by atoms with van der Waals surface area (Å²) in [6.45, 7) is 0. The van der Waals surface area contributed by atoms with Crippen molar-refractivity contribution in [2.75, 3.05) is 11.9 Å². The van der Waals surface area contributed by atoms with E-state index < -0.39 is 11.9 Å². The molecule has 1 amide bonds. The number of anilines is 1. The second-order valence-corrected chi connectivity index (χ2v) is 5.10. The summed E-state index contributed by atoms with van der Waals surface area (Å²) in [5.74, 6) is -1.50. The number of carboxylic acids is 1. The molecule has 104 valence electrons. The molecule has 1 saturated carbocycles. The second kappa shape index (κ2) is 5.74. The number of aliphatic carboxylic acids is 1. The lowest BCUT2D eigenvalue weighted by Gasteiger charge is -2.21. The molecule has 0 saturated heterocycles. The maximum Gasteiger partial charge on any atom is 0.306 e. The first kappa shape index (κ1) is 14.1. The van der Waals surface area contributed by atoms with Gasteiger partial charge in [0, 0.05) is 18.7 Å². The first-order valence-corrected chi connectivity index (χ1v) is 6.53. The lowest BCUT2D eigenvalue weighted by molar-refractivity contribution is -0.141. The van der Waals surface area contributed by atoms with Gasteiger partial charge in [0.2, 0.25) is 5.91 Å². The molecule has 1 aliphatic carbocycles. The third kappa shape index (κ3) is 2.80. The molecule has 5 heteroatoms. The summed E-state index contributed by atoms with van der Waals surface area (Å²) in [5, 5.41) is 17.7. The Labute approximate surface area is 117 Å². The Hall–Kier alpha value is -2.35. The zero-order valence-corrected chi connectivity index (χ0v) is 11.2. The summed E-state index contributed by atoms with van der Waals surface area (Å²) in [4.78, 5) is 24.8. The summed E-state index contributed by atoms with van der Waals surface area (Å²) in [7, 11) is 1.68. The molecule has 0 unspecified atom stereocenters. The second-order valence-electron chi connectivity index (χ2n) is 5.10. The Morgan fingerprint density at radius 1 is 1.25 bits per heavy atom. The first-order chi connectivity index (χ1) is 9.52. The number of nitriles is 1. The van der Waals surface area contributed by atoms with Crippen LogP contribution in [0.5, 0.6) is 0 Å². The number of hydrogen-bond donors (Lipinski definition) is 1. The van der Waals surface area contributed by atoms with Gasteiger partial charge in [-0.25, -0.2) is 0 Å². The van der Waals surface area contributed by atoms with Gasteiger partial charge in [0.25, 0.3) is 0 Å². The Bertz CT molecular complexity index is 559. The van der Waals surface area contributed by atoms with E-state index in [2.05, 4.69) is 0 Å². The van der Waals surface area contributed by atoms with Gasteiger partial charge in [-0.05, 0) is 43.5 Å². The monoisotopic (exact) mass is 272 g/mol. The lowest BCUT2D eigenvalue weighted by Crippen LogP contribution is -2.32. The fourth-order valence-electron chi connectivity index (χ4n) is 2.59. The maximum atomic E-state index is 12.3. The third-order valence-electron chi connectivity index (χ3n) is 3.85. The van der Waals surface area contributed by atoms with Gasteiger partial charge in [-0.15, -0.1) is 0 Å². The number of nitrogens with zero attached hydrogens (tertiary/aromatic N) is 2. The third-order valence-corrected chi connectivity index (χ3v) is 3.85.